The Balaban J connectivity index is 1.99. The Morgan fingerprint density at radius 1 is 1.34 bits per heavy atom. The van der Waals surface area contributed by atoms with Crippen LogP contribution >= 0.6 is 15.9 Å². The van der Waals surface area contributed by atoms with Gasteiger partial charge < -0.3 is 24.8 Å². The lowest BCUT2D eigenvalue weighted by Crippen LogP contribution is -2.39. The van der Waals surface area contributed by atoms with Gasteiger partial charge in [0.05, 0.1) is 25.7 Å². The standard InChI is InChI=1S/C17H25BrN6O7S/c1-17(2,3)31-16(26)23(4)6-7-29-9-11(14(19)25)30-15-20-8-10-12(21-15)13(18)22-24(10)32(5,27)28/h8,11H,6-7,9H2,1-5H3,(H2,19,25)/t11-/m0/s1. The second-order valence-corrected chi connectivity index (χ2v) is 10.3. The topological polar surface area (TPSA) is 169 Å². The number of hydrogen-bond donors (Lipinski definition) is 1. The molecule has 32 heavy (non-hydrogen) atoms. The molecule has 0 saturated heterocycles. The van der Waals surface area contributed by atoms with E-state index in [1.165, 1.54) is 11.1 Å². The predicted octanol–water partition coefficient (Wildman–Crippen LogP) is 0.513. The molecule has 0 saturated carbocycles. The summed E-state index contributed by atoms with van der Waals surface area (Å²) in [6, 6.07) is -0.218. The summed E-state index contributed by atoms with van der Waals surface area (Å²) in [5.74, 6) is -0.819. The monoisotopic (exact) mass is 536 g/mol. The molecule has 178 valence electrons. The maximum Gasteiger partial charge on any atom is 0.410 e. The van der Waals surface area contributed by atoms with Crippen LogP contribution in [-0.2, 0) is 24.3 Å². The summed E-state index contributed by atoms with van der Waals surface area (Å²) in [6.45, 7) is 5.36. The highest BCUT2D eigenvalue weighted by Gasteiger charge is 2.23. The van der Waals surface area contributed by atoms with E-state index >= 15 is 0 Å². The Bertz CT molecular complexity index is 1100. The predicted molar refractivity (Wildman–Crippen MR) is 117 cm³/mol. The van der Waals surface area contributed by atoms with Gasteiger partial charge in [0, 0.05) is 13.6 Å². The minimum atomic E-state index is -3.67. The average molecular weight is 537 g/mol. The Kier molecular flexibility index (Phi) is 8.01. The summed E-state index contributed by atoms with van der Waals surface area (Å²) in [4.78, 5) is 33.0. The van der Waals surface area contributed by atoms with Gasteiger partial charge >= 0.3 is 12.1 Å². The highest BCUT2D eigenvalue weighted by atomic mass is 79.9. The zero-order valence-corrected chi connectivity index (χ0v) is 20.6. The second-order valence-electron chi connectivity index (χ2n) is 7.77. The van der Waals surface area contributed by atoms with E-state index in [2.05, 4.69) is 31.0 Å². The SMILES string of the molecule is CN(CCOC[C@H](Oc1ncc2c(n1)c(Br)nn2S(C)(=O)=O)C(N)=O)C(=O)OC(C)(C)C. The Morgan fingerprint density at radius 2 is 2.00 bits per heavy atom. The maximum atomic E-state index is 11.9. The summed E-state index contributed by atoms with van der Waals surface area (Å²) in [5.41, 5.74) is 5.04. The lowest BCUT2D eigenvalue weighted by molar-refractivity contribution is -0.127. The molecule has 0 radical (unpaired) electrons. The number of aromatic nitrogens is 4. The number of carbonyl (C=O) groups excluding carboxylic acids is 2. The molecule has 1 atom stereocenters. The van der Waals surface area contributed by atoms with Gasteiger partial charge in [0.15, 0.2) is 4.60 Å². The van der Waals surface area contributed by atoms with Crippen LogP contribution in [0.3, 0.4) is 0 Å². The van der Waals surface area contributed by atoms with Crippen molar-refractivity contribution >= 4 is 49.0 Å². The molecule has 0 fully saturated rings. The van der Waals surface area contributed by atoms with Crippen LogP contribution < -0.4 is 10.5 Å². The molecule has 13 nitrogen and oxygen atoms in total. The third-order valence-corrected chi connectivity index (χ3v) is 5.19. The molecule has 2 N–H and O–H groups in total. The molecule has 0 spiro atoms. The number of nitrogens with two attached hydrogens (primary N) is 1. The third-order valence-electron chi connectivity index (χ3n) is 3.75. The van der Waals surface area contributed by atoms with Crippen LogP contribution in [0.1, 0.15) is 20.8 Å². The van der Waals surface area contributed by atoms with E-state index in [1.54, 1.807) is 27.8 Å². The number of hydrogen-bond acceptors (Lipinski definition) is 10. The van der Waals surface area contributed by atoms with Gasteiger partial charge in [0.25, 0.3) is 15.9 Å². The van der Waals surface area contributed by atoms with Gasteiger partial charge in [-0.25, -0.2) is 18.2 Å². The van der Waals surface area contributed by atoms with Gasteiger partial charge in [-0.05, 0) is 36.7 Å². The fraction of sp³-hybridized carbons (Fsp3) is 0.588. The molecular formula is C17H25BrN6O7S. The first kappa shape index (κ1) is 25.7. The molecule has 2 rings (SSSR count). The van der Waals surface area contributed by atoms with Crippen molar-refractivity contribution in [1.82, 2.24) is 24.1 Å². The minimum absolute atomic E-state index is 0.0927. The van der Waals surface area contributed by atoms with Crippen molar-refractivity contribution < 1.29 is 32.2 Å². The largest absolute Gasteiger partial charge is 0.448 e. The zero-order valence-electron chi connectivity index (χ0n) is 18.2. The van der Waals surface area contributed by atoms with E-state index in [1.807, 2.05) is 0 Å². The summed E-state index contributed by atoms with van der Waals surface area (Å²) >= 11 is 3.13. The van der Waals surface area contributed by atoms with Crippen molar-refractivity contribution in [3.63, 3.8) is 0 Å². The number of halogens is 1. The van der Waals surface area contributed by atoms with Crippen molar-refractivity contribution in [3.8, 4) is 6.01 Å². The first-order valence-corrected chi connectivity index (χ1v) is 11.9. The molecule has 0 unspecified atom stereocenters. The van der Waals surface area contributed by atoms with E-state index in [0.717, 1.165) is 10.3 Å². The van der Waals surface area contributed by atoms with Crippen LogP contribution in [0.4, 0.5) is 4.79 Å². The Morgan fingerprint density at radius 3 is 2.56 bits per heavy atom. The van der Waals surface area contributed by atoms with E-state index in [4.69, 9.17) is 19.9 Å². The minimum Gasteiger partial charge on any atom is -0.448 e. The molecule has 0 aromatic carbocycles. The van der Waals surface area contributed by atoms with Crippen molar-refractivity contribution in [2.75, 3.05) is 33.1 Å². The lowest BCUT2D eigenvalue weighted by Gasteiger charge is -2.24. The lowest BCUT2D eigenvalue weighted by atomic mass is 10.2. The number of likely N-dealkylation sites (N-methyl/N-ethyl adjacent to an activating group) is 1. The normalized spacial score (nSPS) is 13.1. The van der Waals surface area contributed by atoms with E-state index < -0.39 is 33.7 Å². The van der Waals surface area contributed by atoms with Gasteiger partial charge in [0.2, 0.25) is 6.10 Å². The first-order chi connectivity index (χ1) is 14.7. The zero-order chi connectivity index (χ0) is 24.3. The first-order valence-electron chi connectivity index (χ1n) is 9.28. The Labute approximate surface area is 193 Å². The van der Waals surface area contributed by atoms with Crippen LogP contribution in [0.5, 0.6) is 6.01 Å². The summed E-state index contributed by atoms with van der Waals surface area (Å²) in [6.07, 6.45) is 0.455. The van der Waals surface area contributed by atoms with E-state index in [9.17, 15) is 18.0 Å². The van der Waals surface area contributed by atoms with Gasteiger partial charge in [-0.3, -0.25) is 4.79 Å². The number of nitrogens with zero attached hydrogens (tertiary/aromatic N) is 5. The van der Waals surface area contributed by atoms with Crippen molar-refractivity contribution in [3.05, 3.63) is 10.8 Å². The molecule has 2 aromatic rings. The molecule has 2 aromatic heterocycles. The fourth-order valence-corrected chi connectivity index (χ4v) is 3.54. The number of carbonyl (C=O) groups is 2. The summed E-state index contributed by atoms with van der Waals surface area (Å²) in [5, 5.41) is 3.86. The number of ether oxygens (including phenoxy) is 3. The molecule has 0 bridgehead atoms. The molecule has 2 amide bonds. The summed E-state index contributed by atoms with van der Waals surface area (Å²) in [7, 11) is -2.12. The molecular weight excluding hydrogens is 512 g/mol. The Hall–Kier alpha value is -2.52. The van der Waals surface area contributed by atoms with Gasteiger partial charge in [0.1, 0.15) is 16.6 Å². The summed E-state index contributed by atoms with van der Waals surface area (Å²) < 4.78 is 40.6. The van der Waals surface area contributed by atoms with Crippen LogP contribution in [0, 0.1) is 0 Å². The van der Waals surface area contributed by atoms with Gasteiger partial charge in [-0.1, -0.05) is 0 Å². The highest BCUT2D eigenvalue weighted by Crippen LogP contribution is 2.23. The van der Waals surface area contributed by atoms with E-state index in [-0.39, 0.29) is 41.4 Å². The number of fused-ring (bicyclic) bond motifs is 1. The second kappa shape index (κ2) is 9.95. The van der Waals surface area contributed by atoms with Crippen LogP contribution in [0.2, 0.25) is 0 Å². The number of primary amides is 1. The number of rotatable bonds is 9. The van der Waals surface area contributed by atoms with Crippen molar-refractivity contribution in [1.29, 1.82) is 0 Å². The molecule has 2 heterocycles. The van der Waals surface area contributed by atoms with Gasteiger partial charge in [-0.2, -0.15) is 9.07 Å². The maximum absolute atomic E-state index is 11.9. The van der Waals surface area contributed by atoms with Crippen LogP contribution in [-0.4, -0.2) is 89.2 Å². The smallest absolute Gasteiger partial charge is 0.410 e. The average Bonchev–Trinajstić information content (AvgIpc) is 2.99. The fourth-order valence-electron chi connectivity index (χ4n) is 2.27. The van der Waals surface area contributed by atoms with Crippen LogP contribution in [0.25, 0.3) is 11.0 Å². The molecule has 0 aliphatic carbocycles. The number of amides is 2. The molecule has 0 aliphatic heterocycles. The van der Waals surface area contributed by atoms with E-state index in [0.29, 0.717) is 0 Å². The van der Waals surface area contributed by atoms with Crippen molar-refractivity contribution in [2.45, 2.75) is 32.5 Å². The van der Waals surface area contributed by atoms with Crippen molar-refractivity contribution in [2.24, 2.45) is 5.73 Å². The molecule has 0 aliphatic rings. The van der Waals surface area contributed by atoms with Crippen LogP contribution in [0.15, 0.2) is 10.8 Å². The highest BCUT2D eigenvalue weighted by molar-refractivity contribution is 9.10. The van der Waals surface area contributed by atoms with Gasteiger partial charge in [-0.15, -0.1) is 5.10 Å². The third kappa shape index (κ3) is 7.00. The molecule has 15 heteroatoms. The quantitative estimate of drug-likeness (QED) is 0.445.